The van der Waals surface area contributed by atoms with Crippen molar-refractivity contribution < 1.29 is 13.9 Å². The van der Waals surface area contributed by atoms with Crippen LogP contribution in [0.2, 0.25) is 0 Å². The summed E-state index contributed by atoms with van der Waals surface area (Å²) >= 11 is 0. The lowest BCUT2D eigenvalue weighted by atomic mass is 10.2. The van der Waals surface area contributed by atoms with Gasteiger partial charge in [0.15, 0.2) is 11.6 Å². The molecule has 1 rings (SSSR count). The molecule has 1 amide bonds. The second-order valence-electron chi connectivity index (χ2n) is 2.65. The van der Waals surface area contributed by atoms with Crippen molar-refractivity contribution >= 4 is 18.3 Å². The van der Waals surface area contributed by atoms with Gasteiger partial charge in [-0.1, -0.05) is 0 Å². The number of nitrogens with two attached hydrogens (primary N) is 2. The molecule has 6 heteroatoms. The van der Waals surface area contributed by atoms with Crippen molar-refractivity contribution in [1.29, 1.82) is 0 Å². The fourth-order valence-electron chi connectivity index (χ4n) is 0.940. The van der Waals surface area contributed by atoms with E-state index in [0.717, 1.165) is 6.07 Å². The minimum absolute atomic E-state index is 0. The molecule has 0 saturated heterocycles. The molecule has 0 spiro atoms. The molecule has 0 atom stereocenters. The number of hydrogen-bond acceptors (Lipinski definition) is 3. The van der Waals surface area contributed by atoms with E-state index in [2.05, 4.69) is 0 Å². The topological polar surface area (TPSA) is 78.3 Å². The molecule has 0 radical (unpaired) electrons. The van der Waals surface area contributed by atoms with Crippen molar-refractivity contribution in [3.63, 3.8) is 0 Å². The zero-order valence-corrected chi connectivity index (χ0v) is 8.72. The van der Waals surface area contributed by atoms with Crippen molar-refractivity contribution in [1.82, 2.24) is 0 Å². The number of carbonyl (C=O) groups is 1. The van der Waals surface area contributed by atoms with Crippen LogP contribution in [0, 0.1) is 5.82 Å². The summed E-state index contributed by atoms with van der Waals surface area (Å²) in [5.41, 5.74) is 10.3. The number of carbonyl (C=O) groups excluding carboxylic acids is 1. The zero-order valence-electron chi connectivity index (χ0n) is 7.90. The van der Waals surface area contributed by atoms with Gasteiger partial charge in [0.25, 0.3) is 0 Å². The van der Waals surface area contributed by atoms with Crippen molar-refractivity contribution in [3.05, 3.63) is 29.6 Å². The molecule has 4 N–H and O–H groups in total. The number of amides is 1. The molecule has 0 aliphatic rings. The first kappa shape index (κ1) is 13.7. The summed E-state index contributed by atoms with van der Waals surface area (Å²) in [6.07, 6.45) is 0. The van der Waals surface area contributed by atoms with Crippen LogP contribution in [0.3, 0.4) is 0 Å². The van der Waals surface area contributed by atoms with Gasteiger partial charge in [0, 0.05) is 12.1 Å². The van der Waals surface area contributed by atoms with E-state index < -0.39 is 11.7 Å². The maximum Gasteiger partial charge on any atom is 0.248 e. The van der Waals surface area contributed by atoms with E-state index in [1.165, 1.54) is 12.1 Å². The van der Waals surface area contributed by atoms with Crippen molar-refractivity contribution in [2.75, 3.05) is 13.2 Å². The molecular formula is C9H12ClFN2O2. The molecule has 0 heterocycles. The van der Waals surface area contributed by atoms with Crippen LogP contribution in [0.4, 0.5) is 4.39 Å². The predicted octanol–water partition coefficient (Wildman–Crippen LogP) is 0.684. The number of ether oxygens (including phenoxy) is 1. The number of benzene rings is 1. The lowest BCUT2D eigenvalue weighted by Gasteiger charge is -2.05. The van der Waals surface area contributed by atoms with Gasteiger partial charge in [-0.25, -0.2) is 4.39 Å². The summed E-state index contributed by atoms with van der Waals surface area (Å²) in [6, 6.07) is 3.79. The van der Waals surface area contributed by atoms with Crippen molar-refractivity contribution in [3.8, 4) is 5.75 Å². The average Bonchev–Trinajstić information content (AvgIpc) is 2.15. The summed E-state index contributed by atoms with van der Waals surface area (Å²) < 4.78 is 18.1. The Labute approximate surface area is 92.8 Å². The second kappa shape index (κ2) is 6.21. The van der Waals surface area contributed by atoms with Gasteiger partial charge >= 0.3 is 0 Å². The quantitative estimate of drug-likeness (QED) is 0.804. The highest BCUT2D eigenvalue weighted by Gasteiger charge is 2.07. The monoisotopic (exact) mass is 234 g/mol. The molecule has 0 unspecified atom stereocenters. The van der Waals surface area contributed by atoms with Crippen molar-refractivity contribution in [2.45, 2.75) is 0 Å². The van der Waals surface area contributed by atoms with E-state index in [-0.39, 0.29) is 30.3 Å². The SMILES string of the molecule is Cl.NCCOc1ccc(C(N)=O)cc1F. The molecule has 0 aromatic heterocycles. The van der Waals surface area contributed by atoms with Crippen LogP contribution in [-0.4, -0.2) is 19.1 Å². The lowest BCUT2D eigenvalue weighted by Crippen LogP contribution is -2.13. The summed E-state index contributed by atoms with van der Waals surface area (Å²) in [5.74, 6) is -1.22. The molecular weight excluding hydrogens is 223 g/mol. The van der Waals surface area contributed by atoms with Gasteiger partial charge in [-0.15, -0.1) is 12.4 Å². The van der Waals surface area contributed by atoms with E-state index in [1.807, 2.05) is 0 Å². The molecule has 0 aliphatic carbocycles. The standard InChI is InChI=1S/C9H11FN2O2.ClH/c10-7-5-6(9(12)13)1-2-8(7)14-4-3-11;/h1-2,5H,3-4,11H2,(H2,12,13);1H. The number of halogens is 2. The molecule has 1 aromatic rings. The predicted molar refractivity (Wildman–Crippen MR) is 56.7 cm³/mol. The minimum atomic E-state index is -0.672. The number of rotatable bonds is 4. The van der Waals surface area contributed by atoms with Gasteiger partial charge in [-0.05, 0) is 18.2 Å². The third kappa shape index (κ3) is 3.73. The Hall–Kier alpha value is -1.33. The van der Waals surface area contributed by atoms with E-state index in [0.29, 0.717) is 6.54 Å². The molecule has 15 heavy (non-hydrogen) atoms. The summed E-state index contributed by atoms with van der Waals surface area (Å²) in [7, 11) is 0. The smallest absolute Gasteiger partial charge is 0.248 e. The highest BCUT2D eigenvalue weighted by atomic mass is 35.5. The number of primary amides is 1. The molecule has 0 fully saturated rings. The largest absolute Gasteiger partial charge is 0.489 e. The Kier molecular flexibility index (Phi) is 5.66. The maximum atomic E-state index is 13.2. The molecule has 1 aromatic carbocycles. The summed E-state index contributed by atoms with van der Waals surface area (Å²) in [5, 5.41) is 0. The first-order valence-electron chi connectivity index (χ1n) is 4.07. The average molecular weight is 235 g/mol. The van der Waals surface area contributed by atoms with Crippen LogP contribution in [0.15, 0.2) is 18.2 Å². The highest BCUT2D eigenvalue weighted by molar-refractivity contribution is 5.92. The van der Waals surface area contributed by atoms with E-state index in [4.69, 9.17) is 16.2 Å². The first-order chi connectivity index (χ1) is 6.65. The van der Waals surface area contributed by atoms with Gasteiger partial charge in [0.05, 0.1) is 0 Å². The minimum Gasteiger partial charge on any atom is -0.489 e. The Morgan fingerprint density at radius 3 is 2.60 bits per heavy atom. The first-order valence-corrected chi connectivity index (χ1v) is 4.07. The van der Waals surface area contributed by atoms with Crippen LogP contribution in [-0.2, 0) is 0 Å². The van der Waals surface area contributed by atoms with E-state index in [1.54, 1.807) is 0 Å². The molecule has 0 saturated carbocycles. The Morgan fingerprint density at radius 2 is 2.13 bits per heavy atom. The van der Waals surface area contributed by atoms with Gasteiger partial charge in [0.2, 0.25) is 5.91 Å². The second-order valence-corrected chi connectivity index (χ2v) is 2.65. The lowest BCUT2D eigenvalue weighted by molar-refractivity contribution is 0.1000. The highest BCUT2D eigenvalue weighted by Crippen LogP contribution is 2.17. The van der Waals surface area contributed by atoms with Gasteiger partial charge in [-0.3, -0.25) is 4.79 Å². The fourth-order valence-corrected chi connectivity index (χ4v) is 0.940. The Balaban J connectivity index is 0.00000196. The van der Waals surface area contributed by atoms with Crippen LogP contribution >= 0.6 is 12.4 Å². The normalized spacial score (nSPS) is 9.20. The molecule has 4 nitrogen and oxygen atoms in total. The van der Waals surface area contributed by atoms with Crippen LogP contribution < -0.4 is 16.2 Å². The third-order valence-corrected chi connectivity index (χ3v) is 1.59. The Morgan fingerprint density at radius 1 is 1.47 bits per heavy atom. The fraction of sp³-hybridized carbons (Fsp3) is 0.222. The molecule has 84 valence electrons. The van der Waals surface area contributed by atoms with Gasteiger partial charge in [0.1, 0.15) is 6.61 Å². The number of hydrogen-bond donors (Lipinski definition) is 2. The Bertz CT molecular complexity index is 347. The van der Waals surface area contributed by atoms with Crippen LogP contribution in [0.1, 0.15) is 10.4 Å². The van der Waals surface area contributed by atoms with Gasteiger partial charge < -0.3 is 16.2 Å². The maximum absolute atomic E-state index is 13.2. The third-order valence-electron chi connectivity index (χ3n) is 1.59. The summed E-state index contributed by atoms with van der Waals surface area (Å²) in [6.45, 7) is 0.532. The van der Waals surface area contributed by atoms with Crippen molar-refractivity contribution in [2.24, 2.45) is 11.5 Å². The van der Waals surface area contributed by atoms with Crippen LogP contribution in [0.5, 0.6) is 5.75 Å². The molecule has 0 bridgehead atoms. The molecule has 0 aliphatic heterocycles. The zero-order chi connectivity index (χ0) is 10.6. The van der Waals surface area contributed by atoms with E-state index in [9.17, 15) is 9.18 Å². The van der Waals surface area contributed by atoms with E-state index >= 15 is 0 Å². The summed E-state index contributed by atoms with van der Waals surface area (Å²) in [4.78, 5) is 10.7. The van der Waals surface area contributed by atoms with Gasteiger partial charge in [-0.2, -0.15) is 0 Å². The van der Waals surface area contributed by atoms with Crippen LogP contribution in [0.25, 0.3) is 0 Å².